The highest BCUT2D eigenvalue weighted by Crippen LogP contribution is 2.28. The van der Waals surface area contributed by atoms with Crippen molar-refractivity contribution >= 4 is 38.4 Å². The average Bonchev–Trinajstić information content (AvgIpc) is 2.97. The van der Waals surface area contributed by atoms with Crippen LogP contribution in [0.3, 0.4) is 0 Å². The third kappa shape index (κ3) is 3.67. The van der Waals surface area contributed by atoms with Crippen LogP contribution < -0.4 is 5.32 Å². The predicted octanol–water partition coefficient (Wildman–Crippen LogP) is 3.40. The number of nitrogens with one attached hydrogen (secondary N) is 1. The van der Waals surface area contributed by atoms with Gasteiger partial charge in [-0.15, -0.1) is 0 Å². The lowest BCUT2D eigenvalue weighted by Crippen LogP contribution is -2.28. The molecular formula is C19H21NO3S. The highest BCUT2D eigenvalue weighted by molar-refractivity contribution is 7.84. The van der Waals surface area contributed by atoms with E-state index in [2.05, 4.69) is 17.4 Å². The lowest BCUT2D eigenvalue weighted by atomic mass is 10.1. The highest BCUT2D eigenvalue weighted by Gasteiger charge is 2.12. The summed E-state index contributed by atoms with van der Waals surface area (Å²) in [4.78, 5) is 12.1. The number of hydrogen-bond acceptors (Lipinski definition) is 3. The van der Waals surface area contributed by atoms with E-state index in [1.165, 1.54) is 0 Å². The molecule has 2 aromatic carbocycles. The number of rotatable bonds is 6. The fourth-order valence-corrected chi connectivity index (χ4v) is 3.18. The molecule has 0 bridgehead atoms. The van der Waals surface area contributed by atoms with Gasteiger partial charge in [0, 0.05) is 34.2 Å². The first kappa shape index (κ1) is 16.7. The van der Waals surface area contributed by atoms with Crippen molar-refractivity contribution in [3.63, 3.8) is 0 Å². The largest absolute Gasteiger partial charge is 0.461 e. The number of furan rings is 1. The second kappa shape index (κ2) is 7.18. The molecule has 1 aromatic heterocycles. The van der Waals surface area contributed by atoms with Gasteiger partial charge < -0.3 is 9.73 Å². The van der Waals surface area contributed by atoms with Crippen LogP contribution in [0.15, 0.2) is 46.9 Å². The maximum atomic E-state index is 12.1. The van der Waals surface area contributed by atoms with Crippen LogP contribution >= 0.6 is 0 Å². The Balaban J connectivity index is 1.68. The van der Waals surface area contributed by atoms with E-state index in [-0.39, 0.29) is 17.6 Å². The number of amides is 1. The predicted molar refractivity (Wildman–Crippen MR) is 98.6 cm³/mol. The van der Waals surface area contributed by atoms with Crippen molar-refractivity contribution in [1.82, 2.24) is 5.32 Å². The van der Waals surface area contributed by atoms with E-state index in [1.54, 1.807) is 6.26 Å². The SMILES string of the molecule is CC(CCNC(=O)Cc1cc2c(ccc3ccccc32)o1)S(C)=O. The molecule has 0 aliphatic heterocycles. The summed E-state index contributed by atoms with van der Waals surface area (Å²) in [5.74, 6) is 0.582. The summed E-state index contributed by atoms with van der Waals surface area (Å²) < 4.78 is 17.1. The molecule has 4 nitrogen and oxygen atoms in total. The van der Waals surface area contributed by atoms with Crippen LogP contribution in [0.5, 0.6) is 0 Å². The number of carbonyl (C=O) groups is 1. The Morgan fingerprint density at radius 1 is 1.21 bits per heavy atom. The van der Waals surface area contributed by atoms with Gasteiger partial charge in [0.25, 0.3) is 0 Å². The average molecular weight is 343 g/mol. The molecule has 0 fully saturated rings. The second-order valence-electron chi connectivity index (χ2n) is 6.04. The van der Waals surface area contributed by atoms with Crippen molar-refractivity contribution in [2.45, 2.75) is 25.0 Å². The van der Waals surface area contributed by atoms with Crippen molar-refractivity contribution in [1.29, 1.82) is 0 Å². The molecule has 126 valence electrons. The first-order chi connectivity index (χ1) is 11.5. The molecule has 2 atom stereocenters. The van der Waals surface area contributed by atoms with Gasteiger partial charge in [-0.3, -0.25) is 9.00 Å². The maximum Gasteiger partial charge on any atom is 0.227 e. The normalized spacial score (nSPS) is 13.9. The van der Waals surface area contributed by atoms with Crippen LogP contribution in [0, 0.1) is 0 Å². The molecule has 0 spiro atoms. The molecule has 5 heteroatoms. The van der Waals surface area contributed by atoms with Crippen LogP contribution in [-0.4, -0.2) is 28.2 Å². The lowest BCUT2D eigenvalue weighted by Gasteiger charge is -2.08. The van der Waals surface area contributed by atoms with Gasteiger partial charge in [-0.05, 0) is 29.3 Å². The fraction of sp³-hybridized carbons (Fsp3) is 0.316. The Morgan fingerprint density at radius 3 is 2.79 bits per heavy atom. The summed E-state index contributed by atoms with van der Waals surface area (Å²) in [6.07, 6.45) is 2.61. The van der Waals surface area contributed by atoms with Crippen LogP contribution in [0.1, 0.15) is 19.1 Å². The second-order valence-corrected chi connectivity index (χ2v) is 7.84. The molecule has 0 radical (unpaired) electrons. The van der Waals surface area contributed by atoms with Crippen molar-refractivity contribution in [3.8, 4) is 0 Å². The number of benzene rings is 2. The zero-order valence-electron chi connectivity index (χ0n) is 13.9. The minimum atomic E-state index is -0.857. The number of fused-ring (bicyclic) bond motifs is 3. The van der Waals surface area contributed by atoms with Crippen molar-refractivity contribution in [3.05, 3.63) is 48.2 Å². The summed E-state index contributed by atoms with van der Waals surface area (Å²) in [5, 5.41) is 6.27. The van der Waals surface area contributed by atoms with E-state index in [4.69, 9.17) is 4.42 Å². The molecular weight excluding hydrogens is 322 g/mol. The van der Waals surface area contributed by atoms with Gasteiger partial charge in [-0.25, -0.2) is 0 Å². The van der Waals surface area contributed by atoms with E-state index >= 15 is 0 Å². The first-order valence-corrected chi connectivity index (χ1v) is 9.66. The Kier molecular flexibility index (Phi) is 5.00. The Bertz CT molecular complexity index is 900. The van der Waals surface area contributed by atoms with Gasteiger partial charge in [-0.2, -0.15) is 0 Å². The van der Waals surface area contributed by atoms with Crippen LogP contribution in [0.25, 0.3) is 21.7 Å². The minimum Gasteiger partial charge on any atom is -0.461 e. The Labute approximate surface area is 143 Å². The van der Waals surface area contributed by atoms with Crippen LogP contribution in [-0.2, 0) is 22.0 Å². The highest BCUT2D eigenvalue weighted by atomic mass is 32.2. The minimum absolute atomic E-state index is 0.0764. The molecule has 0 saturated heterocycles. The molecule has 2 unspecified atom stereocenters. The van der Waals surface area contributed by atoms with Gasteiger partial charge in [0.2, 0.25) is 5.91 Å². The van der Waals surface area contributed by atoms with E-state index in [0.717, 1.165) is 21.7 Å². The van der Waals surface area contributed by atoms with Crippen LogP contribution in [0.4, 0.5) is 0 Å². The molecule has 0 aliphatic carbocycles. The first-order valence-electron chi connectivity index (χ1n) is 8.03. The molecule has 3 aromatic rings. The van der Waals surface area contributed by atoms with Gasteiger partial charge in [0.1, 0.15) is 11.3 Å². The van der Waals surface area contributed by atoms with Gasteiger partial charge >= 0.3 is 0 Å². The smallest absolute Gasteiger partial charge is 0.227 e. The molecule has 1 amide bonds. The summed E-state index contributed by atoms with van der Waals surface area (Å²) in [6.45, 7) is 2.45. The fourth-order valence-electron chi connectivity index (χ4n) is 2.73. The van der Waals surface area contributed by atoms with Crippen molar-refractivity contribution in [2.75, 3.05) is 12.8 Å². The molecule has 0 saturated carbocycles. The summed E-state index contributed by atoms with van der Waals surface area (Å²) >= 11 is 0. The van der Waals surface area contributed by atoms with E-state index in [0.29, 0.717) is 18.7 Å². The molecule has 3 rings (SSSR count). The monoisotopic (exact) mass is 343 g/mol. The number of carbonyl (C=O) groups excluding carboxylic acids is 1. The zero-order valence-corrected chi connectivity index (χ0v) is 14.7. The Morgan fingerprint density at radius 2 is 2.00 bits per heavy atom. The summed E-state index contributed by atoms with van der Waals surface area (Å²) in [6, 6.07) is 14.0. The Hall–Kier alpha value is -2.14. The zero-order chi connectivity index (χ0) is 17.1. The standard InChI is InChI=1S/C19H21NO3S/c1-13(24(2)22)9-10-20-19(21)12-15-11-17-16-6-4-3-5-14(16)7-8-18(17)23-15/h3-8,11,13H,9-10,12H2,1-2H3,(H,20,21). The van der Waals surface area contributed by atoms with Gasteiger partial charge in [-0.1, -0.05) is 37.3 Å². The van der Waals surface area contributed by atoms with E-state index < -0.39 is 10.8 Å². The topological polar surface area (TPSA) is 59.3 Å². The summed E-state index contributed by atoms with van der Waals surface area (Å²) in [7, 11) is -0.857. The molecule has 1 N–H and O–H groups in total. The third-order valence-electron chi connectivity index (χ3n) is 4.25. The quantitative estimate of drug-likeness (QED) is 0.746. The van der Waals surface area contributed by atoms with Crippen molar-refractivity contribution < 1.29 is 13.4 Å². The molecule has 0 aliphatic rings. The summed E-state index contributed by atoms with van der Waals surface area (Å²) in [5.41, 5.74) is 0.798. The van der Waals surface area contributed by atoms with E-state index in [9.17, 15) is 9.00 Å². The number of hydrogen-bond donors (Lipinski definition) is 1. The lowest BCUT2D eigenvalue weighted by molar-refractivity contribution is -0.120. The van der Waals surface area contributed by atoms with E-state index in [1.807, 2.05) is 37.3 Å². The van der Waals surface area contributed by atoms with Crippen molar-refractivity contribution in [2.24, 2.45) is 0 Å². The van der Waals surface area contributed by atoms with Gasteiger partial charge in [0.05, 0.1) is 6.42 Å². The molecule has 24 heavy (non-hydrogen) atoms. The molecule has 1 heterocycles. The van der Waals surface area contributed by atoms with Gasteiger partial charge in [0.15, 0.2) is 0 Å². The van der Waals surface area contributed by atoms with Crippen LogP contribution in [0.2, 0.25) is 0 Å². The third-order valence-corrected chi connectivity index (χ3v) is 5.62. The maximum absolute atomic E-state index is 12.1.